The standard InChI is InChI=1S/C40H38N2O3/c1-44-27-16-21-33(36(43)22-27)35-23-34(41-40(42-35)26-8-4-3-5-9-26)29-18-13-25-14-19-31-28(30-10-6-7-11-37(30)45-2)17-12-24-15-20-32(29)39(25)38(24)31/h3-8,10-11,13-15,17-20,22,26,34,39-41,43H,9,12,16,21,23H2,1-2H3. The Morgan fingerprint density at radius 3 is 2.67 bits per heavy atom. The van der Waals surface area contributed by atoms with Crippen LogP contribution in [-0.4, -0.2) is 37.2 Å². The van der Waals surface area contributed by atoms with Crippen LogP contribution in [0.5, 0.6) is 5.75 Å². The van der Waals surface area contributed by atoms with Gasteiger partial charge in [0.2, 0.25) is 0 Å². The van der Waals surface area contributed by atoms with E-state index in [1.165, 1.54) is 39.0 Å². The third-order valence-corrected chi connectivity index (χ3v) is 10.2. The predicted molar refractivity (Wildman–Crippen MR) is 181 cm³/mol. The van der Waals surface area contributed by atoms with Gasteiger partial charge in [0, 0.05) is 53.6 Å². The van der Waals surface area contributed by atoms with Crippen LogP contribution in [0, 0.1) is 11.8 Å². The Kier molecular flexibility index (Phi) is 7.06. The van der Waals surface area contributed by atoms with Gasteiger partial charge in [-0.2, -0.15) is 0 Å². The summed E-state index contributed by atoms with van der Waals surface area (Å²) in [6.07, 6.45) is 30.8. The zero-order valence-electron chi connectivity index (χ0n) is 25.8. The lowest BCUT2D eigenvalue weighted by Gasteiger charge is -2.42. The smallest absolute Gasteiger partial charge is 0.126 e. The topological polar surface area (TPSA) is 63.1 Å². The Morgan fingerprint density at radius 1 is 0.956 bits per heavy atom. The Morgan fingerprint density at radius 2 is 1.84 bits per heavy atom. The van der Waals surface area contributed by atoms with Crippen molar-refractivity contribution in [2.24, 2.45) is 16.8 Å². The van der Waals surface area contributed by atoms with E-state index in [4.69, 9.17) is 14.5 Å². The summed E-state index contributed by atoms with van der Waals surface area (Å²) in [5.74, 6) is 2.44. The molecule has 1 heterocycles. The summed E-state index contributed by atoms with van der Waals surface area (Å²) in [4.78, 5) is 5.26. The second-order valence-corrected chi connectivity index (χ2v) is 12.6. The lowest BCUT2D eigenvalue weighted by molar-refractivity contribution is 0.269. The molecule has 1 aromatic carbocycles. The van der Waals surface area contributed by atoms with E-state index in [1.807, 2.05) is 12.1 Å². The largest absolute Gasteiger partial charge is 0.507 e. The van der Waals surface area contributed by atoms with Crippen molar-refractivity contribution >= 4 is 11.3 Å². The first kappa shape index (κ1) is 27.9. The molecule has 0 aromatic heterocycles. The molecule has 5 nitrogen and oxygen atoms in total. The number of ether oxygens (including phenoxy) is 2. The highest BCUT2D eigenvalue weighted by atomic mass is 16.5. The molecule has 0 saturated heterocycles. The molecule has 7 aliphatic rings. The van der Waals surface area contributed by atoms with Gasteiger partial charge in [0.15, 0.2) is 0 Å². The van der Waals surface area contributed by atoms with Crippen molar-refractivity contribution < 1.29 is 14.6 Å². The van der Waals surface area contributed by atoms with Gasteiger partial charge in [-0.15, -0.1) is 0 Å². The molecule has 4 atom stereocenters. The monoisotopic (exact) mass is 594 g/mol. The maximum atomic E-state index is 11.1. The number of rotatable bonds is 6. The Hall–Kier alpha value is -4.61. The Bertz CT molecular complexity index is 1850. The lowest BCUT2D eigenvalue weighted by Crippen LogP contribution is -2.49. The first-order valence-corrected chi connectivity index (χ1v) is 16.1. The number of hydrogen-bond donors (Lipinski definition) is 2. The minimum Gasteiger partial charge on any atom is -0.507 e. The van der Waals surface area contributed by atoms with Crippen molar-refractivity contribution in [3.05, 3.63) is 153 Å². The van der Waals surface area contributed by atoms with Crippen LogP contribution in [-0.2, 0) is 4.74 Å². The molecule has 4 unspecified atom stereocenters. The zero-order chi connectivity index (χ0) is 30.5. The van der Waals surface area contributed by atoms with Crippen LogP contribution < -0.4 is 10.1 Å². The van der Waals surface area contributed by atoms with Gasteiger partial charge in [0.1, 0.15) is 17.7 Å². The van der Waals surface area contributed by atoms with Gasteiger partial charge >= 0.3 is 0 Å². The van der Waals surface area contributed by atoms with Gasteiger partial charge < -0.3 is 14.6 Å². The minimum absolute atomic E-state index is 0.0664. The number of allylic oxidation sites excluding steroid dienone is 18. The number of nitrogens with zero attached hydrogens (tertiary/aromatic N) is 1. The average molecular weight is 595 g/mol. The molecule has 0 bridgehead atoms. The molecule has 5 heteroatoms. The van der Waals surface area contributed by atoms with E-state index in [0.717, 1.165) is 60.5 Å². The first-order chi connectivity index (χ1) is 22.1. The molecular weight excluding hydrogens is 556 g/mol. The fraction of sp³-hybridized carbons (Fsp3) is 0.275. The second kappa shape index (κ2) is 11.4. The molecule has 1 aliphatic heterocycles. The van der Waals surface area contributed by atoms with Gasteiger partial charge in [0.05, 0.1) is 20.0 Å². The molecule has 8 rings (SSSR count). The molecule has 0 radical (unpaired) electrons. The predicted octanol–water partition coefficient (Wildman–Crippen LogP) is 8.10. The van der Waals surface area contributed by atoms with Gasteiger partial charge in [-0.3, -0.25) is 10.3 Å². The third-order valence-electron chi connectivity index (χ3n) is 10.2. The number of para-hydroxylation sites is 1. The normalized spacial score (nSPS) is 28.3. The molecule has 226 valence electrons. The first-order valence-electron chi connectivity index (χ1n) is 16.1. The molecule has 2 N–H and O–H groups in total. The highest BCUT2D eigenvalue weighted by molar-refractivity contribution is 6.02. The van der Waals surface area contributed by atoms with Crippen molar-refractivity contribution in [3.63, 3.8) is 0 Å². The Balaban J connectivity index is 1.18. The molecule has 0 spiro atoms. The summed E-state index contributed by atoms with van der Waals surface area (Å²) in [6, 6.07) is 8.40. The Labute approximate surface area is 265 Å². The van der Waals surface area contributed by atoms with Crippen LogP contribution in [0.3, 0.4) is 0 Å². The summed E-state index contributed by atoms with van der Waals surface area (Å²) in [7, 11) is 3.42. The van der Waals surface area contributed by atoms with E-state index in [0.29, 0.717) is 0 Å². The summed E-state index contributed by atoms with van der Waals surface area (Å²) < 4.78 is 11.2. The van der Waals surface area contributed by atoms with Crippen LogP contribution in [0.1, 0.15) is 37.7 Å². The minimum atomic E-state index is -0.0783. The summed E-state index contributed by atoms with van der Waals surface area (Å²) >= 11 is 0. The number of benzene rings is 1. The molecule has 0 saturated carbocycles. The lowest BCUT2D eigenvalue weighted by atomic mass is 9.64. The number of aliphatic imine (C=N–C) groups is 1. The van der Waals surface area contributed by atoms with Gasteiger partial charge in [-0.25, -0.2) is 0 Å². The molecule has 45 heavy (non-hydrogen) atoms. The van der Waals surface area contributed by atoms with Crippen molar-refractivity contribution in [1.29, 1.82) is 0 Å². The molecule has 1 aromatic rings. The fourth-order valence-corrected chi connectivity index (χ4v) is 7.94. The van der Waals surface area contributed by atoms with Gasteiger partial charge in [-0.1, -0.05) is 85.0 Å². The number of methoxy groups -OCH3 is 2. The van der Waals surface area contributed by atoms with Crippen LogP contribution in [0.25, 0.3) is 5.57 Å². The van der Waals surface area contributed by atoms with Crippen molar-refractivity contribution in [3.8, 4) is 5.75 Å². The van der Waals surface area contributed by atoms with Crippen molar-refractivity contribution in [1.82, 2.24) is 5.32 Å². The van der Waals surface area contributed by atoms with Crippen molar-refractivity contribution in [2.75, 3.05) is 14.2 Å². The summed E-state index contributed by atoms with van der Waals surface area (Å²) in [5.41, 5.74) is 12.4. The third kappa shape index (κ3) is 4.77. The summed E-state index contributed by atoms with van der Waals surface area (Å²) in [6.45, 7) is 0. The van der Waals surface area contributed by atoms with Crippen LogP contribution in [0.4, 0.5) is 0 Å². The van der Waals surface area contributed by atoms with E-state index in [9.17, 15) is 5.11 Å². The van der Waals surface area contributed by atoms with E-state index in [-0.39, 0.29) is 29.8 Å². The van der Waals surface area contributed by atoms with Crippen LogP contribution in [0.15, 0.2) is 153 Å². The number of aliphatic hydroxyl groups excluding tert-OH is 1. The number of aliphatic hydroxyl groups is 1. The summed E-state index contributed by atoms with van der Waals surface area (Å²) in [5, 5.41) is 15.0. The molecular formula is C40H38N2O3. The van der Waals surface area contributed by atoms with E-state index < -0.39 is 0 Å². The molecule has 0 fully saturated rings. The van der Waals surface area contributed by atoms with E-state index >= 15 is 0 Å². The molecule has 0 amide bonds. The zero-order valence-corrected chi connectivity index (χ0v) is 25.8. The number of hydrogen-bond acceptors (Lipinski definition) is 5. The van der Waals surface area contributed by atoms with Crippen LogP contribution >= 0.6 is 0 Å². The molecule has 6 aliphatic carbocycles. The second-order valence-electron chi connectivity index (χ2n) is 12.6. The highest BCUT2D eigenvalue weighted by Gasteiger charge is 2.40. The van der Waals surface area contributed by atoms with Gasteiger partial charge in [-0.05, 0) is 64.3 Å². The van der Waals surface area contributed by atoms with Crippen LogP contribution in [0.2, 0.25) is 0 Å². The maximum Gasteiger partial charge on any atom is 0.126 e. The highest BCUT2D eigenvalue weighted by Crippen LogP contribution is 2.53. The number of nitrogens with one attached hydrogen (secondary N) is 1. The van der Waals surface area contributed by atoms with E-state index in [1.54, 1.807) is 20.3 Å². The fourth-order valence-electron chi connectivity index (χ4n) is 7.94. The van der Waals surface area contributed by atoms with Gasteiger partial charge in [0.25, 0.3) is 0 Å². The quantitative estimate of drug-likeness (QED) is 0.349. The average Bonchev–Trinajstić information content (AvgIpc) is 3.10. The maximum absolute atomic E-state index is 11.1. The van der Waals surface area contributed by atoms with E-state index in [2.05, 4.69) is 84.3 Å². The SMILES string of the molecule is COC1=CC(O)=C(C2=NC(C3C=CC=CC3)NC(C3=CC=C4C=CC5=C6C(=CC=C3C46)CC=C5c3ccccc3OC)C2)CC1. The van der Waals surface area contributed by atoms with Crippen molar-refractivity contribution in [2.45, 2.75) is 44.3 Å².